The summed E-state index contributed by atoms with van der Waals surface area (Å²) in [6.45, 7) is 5.12. The Morgan fingerprint density at radius 3 is 2.00 bits per heavy atom. The van der Waals surface area contributed by atoms with Gasteiger partial charge in [0.15, 0.2) is 0 Å². The fourth-order valence-corrected chi connectivity index (χ4v) is 2.92. The molecule has 2 nitrogen and oxygen atoms in total. The van der Waals surface area contributed by atoms with Crippen LogP contribution < -0.4 is 0 Å². The quantitative estimate of drug-likeness (QED) is 0.643. The SMILES string of the molecule is C1=C(N2CCCC2)C=C(N2CCCC2)C1.[LiH]. The summed E-state index contributed by atoms with van der Waals surface area (Å²) in [5.74, 6) is 0. The van der Waals surface area contributed by atoms with E-state index < -0.39 is 0 Å². The molecule has 3 rings (SSSR count). The van der Waals surface area contributed by atoms with Crippen LogP contribution in [0.4, 0.5) is 0 Å². The van der Waals surface area contributed by atoms with Gasteiger partial charge in [-0.3, -0.25) is 0 Å². The zero-order valence-electron chi connectivity index (χ0n) is 9.41. The van der Waals surface area contributed by atoms with Gasteiger partial charge in [0, 0.05) is 44.0 Å². The molecular formula is C13H21LiN2. The van der Waals surface area contributed by atoms with Crippen molar-refractivity contribution in [3.63, 3.8) is 0 Å². The zero-order valence-corrected chi connectivity index (χ0v) is 9.41. The van der Waals surface area contributed by atoms with E-state index in [0.29, 0.717) is 0 Å². The monoisotopic (exact) mass is 212 g/mol. The Kier molecular flexibility index (Phi) is 4.05. The minimum atomic E-state index is 0. The van der Waals surface area contributed by atoms with Crippen LogP contribution in [0.5, 0.6) is 0 Å². The minimum absolute atomic E-state index is 0. The molecule has 0 saturated carbocycles. The Hall–Kier alpha value is -0.323. The molecule has 3 aliphatic rings. The van der Waals surface area contributed by atoms with E-state index >= 15 is 0 Å². The molecule has 0 aromatic carbocycles. The molecule has 0 bridgehead atoms. The summed E-state index contributed by atoms with van der Waals surface area (Å²) in [4.78, 5) is 5.11. The van der Waals surface area contributed by atoms with E-state index in [9.17, 15) is 0 Å². The first-order valence-electron chi connectivity index (χ1n) is 6.34. The van der Waals surface area contributed by atoms with Crippen LogP contribution in [0.15, 0.2) is 23.5 Å². The number of hydrogen-bond donors (Lipinski definition) is 0. The van der Waals surface area contributed by atoms with E-state index in [1.54, 1.807) is 5.70 Å². The second-order valence-corrected chi connectivity index (χ2v) is 4.86. The Balaban J connectivity index is 0.000000963. The van der Waals surface area contributed by atoms with Gasteiger partial charge in [0.1, 0.15) is 0 Å². The Bertz CT molecular complexity index is 297. The van der Waals surface area contributed by atoms with E-state index in [2.05, 4.69) is 22.0 Å². The fraction of sp³-hybridized carbons (Fsp3) is 0.692. The van der Waals surface area contributed by atoms with E-state index in [1.165, 1.54) is 64.0 Å². The first-order valence-corrected chi connectivity index (χ1v) is 6.34. The van der Waals surface area contributed by atoms with Crippen molar-refractivity contribution in [2.24, 2.45) is 0 Å². The standard InChI is InChI=1S/C13H20N2.Li.H/c1-2-8-14(7-1)12-5-6-13(11-12)15-9-3-4-10-15;;/h5,11H,1-4,6-10H2;;. The molecule has 0 radical (unpaired) electrons. The molecule has 0 amide bonds. The Labute approximate surface area is 111 Å². The van der Waals surface area contributed by atoms with Crippen molar-refractivity contribution in [2.75, 3.05) is 26.2 Å². The third kappa shape index (κ3) is 2.34. The van der Waals surface area contributed by atoms with E-state index in [4.69, 9.17) is 0 Å². The number of allylic oxidation sites excluding steroid dienone is 2. The molecule has 1 aliphatic carbocycles. The van der Waals surface area contributed by atoms with Crippen molar-refractivity contribution in [2.45, 2.75) is 32.1 Å². The third-order valence-electron chi connectivity index (χ3n) is 3.82. The molecule has 0 N–H and O–H groups in total. The average Bonchev–Trinajstić information content (AvgIpc) is 3.02. The predicted octanol–water partition coefficient (Wildman–Crippen LogP) is 1.70. The van der Waals surface area contributed by atoms with Crippen molar-refractivity contribution in [3.8, 4) is 0 Å². The summed E-state index contributed by atoms with van der Waals surface area (Å²) in [5.41, 5.74) is 3.06. The molecule has 2 aliphatic heterocycles. The van der Waals surface area contributed by atoms with Crippen LogP contribution in [0.2, 0.25) is 0 Å². The van der Waals surface area contributed by atoms with Crippen molar-refractivity contribution in [1.82, 2.24) is 9.80 Å². The van der Waals surface area contributed by atoms with Crippen molar-refractivity contribution in [3.05, 3.63) is 23.5 Å². The summed E-state index contributed by atoms with van der Waals surface area (Å²) in [6.07, 6.45) is 11.5. The van der Waals surface area contributed by atoms with Gasteiger partial charge in [-0.2, -0.15) is 0 Å². The number of hydrogen-bond acceptors (Lipinski definition) is 2. The van der Waals surface area contributed by atoms with Gasteiger partial charge in [0.05, 0.1) is 0 Å². The normalized spacial score (nSPS) is 24.5. The van der Waals surface area contributed by atoms with E-state index in [0.717, 1.165) is 0 Å². The van der Waals surface area contributed by atoms with Crippen LogP contribution in [0.3, 0.4) is 0 Å². The van der Waals surface area contributed by atoms with Gasteiger partial charge >= 0.3 is 18.9 Å². The Morgan fingerprint density at radius 2 is 1.38 bits per heavy atom. The second kappa shape index (κ2) is 5.34. The number of likely N-dealkylation sites (tertiary alicyclic amines) is 2. The van der Waals surface area contributed by atoms with Gasteiger partial charge in [0.2, 0.25) is 0 Å². The summed E-state index contributed by atoms with van der Waals surface area (Å²) >= 11 is 0. The molecule has 0 unspecified atom stereocenters. The molecule has 2 saturated heterocycles. The van der Waals surface area contributed by atoms with Crippen molar-refractivity contribution in [1.29, 1.82) is 0 Å². The fourth-order valence-electron chi connectivity index (χ4n) is 2.92. The number of rotatable bonds is 2. The van der Waals surface area contributed by atoms with E-state index in [-0.39, 0.29) is 18.9 Å². The molecule has 16 heavy (non-hydrogen) atoms. The molecular weight excluding hydrogens is 191 g/mol. The maximum atomic E-state index is 2.57. The Morgan fingerprint density at radius 1 is 0.812 bits per heavy atom. The molecule has 2 heterocycles. The van der Waals surface area contributed by atoms with Crippen LogP contribution in [0.1, 0.15) is 32.1 Å². The number of nitrogens with zero attached hydrogens (tertiary/aromatic N) is 2. The van der Waals surface area contributed by atoms with Gasteiger partial charge in [-0.05, 0) is 31.8 Å². The molecule has 84 valence electrons. The topological polar surface area (TPSA) is 6.48 Å². The summed E-state index contributed by atoms with van der Waals surface area (Å²) < 4.78 is 0. The van der Waals surface area contributed by atoms with Crippen LogP contribution in [0, 0.1) is 0 Å². The van der Waals surface area contributed by atoms with Gasteiger partial charge in [-0.15, -0.1) is 0 Å². The summed E-state index contributed by atoms with van der Waals surface area (Å²) in [6, 6.07) is 0. The first-order chi connectivity index (χ1) is 7.43. The van der Waals surface area contributed by atoms with Crippen LogP contribution in [0.25, 0.3) is 0 Å². The molecule has 2 fully saturated rings. The molecule has 3 heteroatoms. The summed E-state index contributed by atoms with van der Waals surface area (Å²) in [7, 11) is 0. The molecule has 0 atom stereocenters. The predicted molar refractivity (Wildman–Crippen MR) is 69.5 cm³/mol. The van der Waals surface area contributed by atoms with Crippen LogP contribution in [-0.4, -0.2) is 54.8 Å². The maximum absolute atomic E-state index is 2.57. The van der Waals surface area contributed by atoms with Crippen LogP contribution >= 0.6 is 0 Å². The molecule has 0 aromatic heterocycles. The summed E-state index contributed by atoms with van der Waals surface area (Å²) in [5, 5.41) is 0. The second-order valence-electron chi connectivity index (χ2n) is 4.86. The first kappa shape index (κ1) is 12.1. The van der Waals surface area contributed by atoms with Gasteiger partial charge in [-0.1, -0.05) is 6.08 Å². The molecule has 0 spiro atoms. The van der Waals surface area contributed by atoms with Gasteiger partial charge in [-0.25, -0.2) is 0 Å². The van der Waals surface area contributed by atoms with E-state index in [1.807, 2.05) is 0 Å². The average molecular weight is 212 g/mol. The molecule has 0 aromatic rings. The third-order valence-corrected chi connectivity index (χ3v) is 3.82. The van der Waals surface area contributed by atoms with Crippen LogP contribution in [-0.2, 0) is 0 Å². The van der Waals surface area contributed by atoms with Crippen molar-refractivity contribution < 1.29 is 0 Å². The van der Waals surface area contributed by atoms with Gasteiger partial charge < -0.3 is 9.80 Å². The van der Waals surface area contributed by atoms with Crippen molar-refractivity contribution >= 4 is 18.9 Å². The zero-order chi connectivity index (χ0) is 10.1. The van der Waals surface area contributed by atoms with Gasteiger partial charge in [0.25, 0.3) is 0 Å².